The van der Waals surface area contributed by atoms with Crippen molar-refractivity contribution in [2.45, 2.75) is 29.1 Å². The van der Waals surface area contributed by atoms with E-state index in [2.05, 4.69) is 20.2 Å². The van der Waals surface area contributed by atoms with Crippen molar-refractivity contribution < 1.29 is 4.92 Å². The second-order valence-electron chi connectivity index (χ2n) is 5.33. The topological polar surface area (TPSA) is 99.6 Å². The highest BCUT2D eigenvalue weighted by Gasteiger charge is 2.31. The predicted molar refractivity (Wildman–Crippen MR) is 86.5 cm³/mol. The van der Waals surface area contributed by atoms with Crippen molar-refractivity contribution in [2.75, 3.05) is 0 Å². The van der Waals surface area contributed by atoms with Crippen LogP contribution in [0.1, 0.15) is 18.9 Å². The molecule has 3 aromatic heterocycles. The first-order valence-corrected chi connectivity index (χ1v) is 8.18. The first-order chi connectivity index (χ1) is 11.7. The second-order valence-corrected chi connectivity index (χ2v) is 6.29. The molecule has 3 aromatic rings. The lowest BCUT2D eigenvalue weighted by Crippen LogP contribution is -2.00. The molecule has 0 atom stereocenters. The molecule has 1 saturated carbocycles. The number of pyridine rings is 2. The molecule has 9 heteroatoms. The van der Waals surface area contributed by atoms with Crippen molar-refractivity contribution in [3.8, 4) is 11.4 Å². The van der Waals surface area contributed by atoms with Gasteiger partial charge in [0.15, 0.2) is 16.0 Å². The molecule has 0 N–H and O–H groups in total. The Kier molecular flexibility index (Phi) is 3.69. The average molecular weight is 340 g/mol. The zero-order chi connectivity index (χ0) is 16.5. The molecule has 0 spiro atoms. The highest BCUT2D eigenvalue weighted by Crippen LogP contribution is 2.43. The van der Waals surface area contributed by atoms with Crippen LogP contribution in [0.2, 0.25) is 0 Å². The van der Waals surface area contributed by atoms with Crippen molar-refractivity contribution in [3.63, 3.8) is 0 Å². The van der Waals surface area contributed by atoms with Gasteiger partial charge in [0.05, 0.1) is 4.92 Å². The number of aromatic nitrogens is 5. The maximum absolute atomic E-state index is 11.2. The highest BCUT2D eigenvalue weighted by molar-refractivity contribution is 7.99. The van der Waals surface area contributed by atoms with Crippen LogP contribution in [0.15, 0.2) is 53.0 Å². The normalized spacial score (nSPS) is 13.8. The van der Waals surface area contributed by atoms with E-state index in [9.17, 15) is 10.1 Å². The minimum atomic E-state index is -0.434. The lowest BCUT2D eigenvalue weighted by atomic mass is 10.2. The van der Waals surface area contributed by atoms with Crippen LogP contribution in [0.4, 0.5) is 5.69 Å². The number of hydrogen-bond donors (Lipinski definition) is 0. The molecule has 1 aliphatic rings. The summed E-state index contributed by atoms with van der Waals surface area (Å²) < 4.78 is 2.04. The Bertz CT molecular complexity index is 894. The molecule has 3 heterocycles. The Morgan fingerprint density at radius 2 is 1.96 bits per heavy atom. The third kappa shape index (κ3) is 2.73. The van der Waals surface area contributed by atoms with Crippen LogP contribution >= 0.6 is 11.8 Å². The van der Waals surface area contributed by atoms with Crippen molar-refractivity contribution in [1.82, 2.24) is 24.7 Å². The molecule has 0 amide bonds. The van der Waals surface area contributed by atoms with Gasteiger partial charge in [-0.2, -0.15) is 0 Å². The molecule has 1 aliphatic carbocycles. The molecule has 0 unspecified atom stereocenters. The summed E-state index contributed by atoms with van der Waals surface area (Å²) in [5.41, 5.74) is 0.894. The summed E-state index contributed by atoms with van der Waals surface area (Å²) in [6.07, 6.45) is 7.05. The molecule has 0 aromatic carbocycles. The van der Waals surface area contributed by atoms with Crippen LogP contribution in [0, 0.1) is 10.1 Å². The summed E-state index contributed by atoms with van der Waals surface area (Å²) in [5, 5.41) is 20.6. The van der Waals surface area contributed by atoms with Gasteiger partial charge in [-0.25, -0.2) is 4.98 Å². The Labute approximate surface area is 141 Å². The van der Waals surface area contributed by atoms with Gasteiger partial charge in [-0.15, -0.1) is 10.2 Å². The van der Waals surface area contributed by atoms with Crippen LogP contribution in [0.25, 0.3) is 11.4 Å². The lowest BCUT2D eigenvalue weighted by Gasteiger charge is -2.08. The summed E-state index contributed by atoms with van der Waals surface area (Å²) in [7, 11) is 0. The number of nitro groups is 1. The summed E-state index contributed by atoms with van der Waals surface area (Å²) in [4.78, 5) is 18.9. The van der Waals surface area contributed by atoms with E-state index >= 15 is 0 Å². The smallest absolute Gasteiger partial charge is 0.299 e. The lowest BCUT2D eigenvalue weighted by molar-refractivity contribution is -0.388. The third-order valence-electron chi connectivity index (χ3n) is 3.65. The number of nitrogens with zero attached hydrogens (tertiary/aromatic N) is 6. The van der Waals surface area contributed by atoms with Crippen LogP contribution in [0.5, 0.6) is 0 Å². The van der Waals surface area contributed by atoms with Crippen LogP contribution < -0.4 is 0 Å². The minimum Gasteiger partial charge on any atom is -0.299 e. The molecule has 0 bridgehead atoms. The fraction of sp³-hybridized carbons (Fsp3) is 0.200. The molecule has 1 fully saturated rings. The van der Waals surface area contributed by atoms with Crippen LogP contribution in [-0.4, -0.2) is 29.7 Å². The van der Waals surface area contributed by atoms with Gasteiger partial charge in [0.25, 0.3) is 0 Å². The highest BCUT2D eigenvalue weighted by atomic mass is 32.2. The molecule has 0 radical (unpaired) electrons. The van der Waals surface area contributed by atoms with E-state index in [1.54, 1.807) is 18.5 Å². The summed E-state index contributed by atoms with van der Waals surface area (Å²) in [6.45, 7) is 0. The van der Waals surface area contributed by atoms with Crippen molar-refractivity contribution >= 4 is 17.4 Å². The summed E-state index contributed by atoms with van der Waals surface area (Å²) in [5.74, 6) is 0.751. The molecule has 24 heavy (non-hydrogen) atoms. The summed E-state index contributed by atoms with van der Waals surface area (Å²) in [6, 6.07) is 7.07. The maximum atomic E-state index is 11.2. The zero-order valence-electron chi connectivity index (χ0n) is 12.4. The van der Waals surface area contributed by atoms with Crippen LogP contribution in [0.3, 0.4) is 0 Å². The minimum absolute atomic E-state index is 0.0293. The first-order valence-electron chi connectivity index (χ1n) is 7.36. The third-order valence-corrected chi connectivity index (χ3v) is 4.62. The van der Waals surface area contributed by atoms with Crippen molar-refractivity contribution in [1.29, 1.82) is 0 Å². The fourth-order valence-electron chi connectivity index (χ4n) is 2.39. The Hall–Kier alpha value is -2.81. The van der Waals surface area contributed by atoms with Crippen LogP contribution in [-0.2, 0) is 0 Å². The van der Waals surface area contributed by atoms with Gasteiger partial charge in [-0.3, -0.25) is 19.7 Å². The van der Waals surface area contributed by atoms with Gasteiger partial charge in [0, 0.05) is 36.3 Å². The summed E-state index contributed by atoms with van der Waals surface area (Å²) >= 11 is 1.17. The molecule has 8 nitrogen and oxygen atoms in total. The van der Waals surface area contributed by atoms with Crippen molar-refractivity contribution in [2.24, 2.45) is 0 Å². The fourth-order valence-corrected chi connectivity index (χ4v) is 3.34. The molecular weight excluding hydrogens is 328 g/mol. The standard InChI is InChI=1S/C15H12N6O2S/c22-21(23)12-2-1-7-17-14(12)24-15-19-18-13(20(15)11-3-4-11)10-5-8-16-9-6-10/h1-2,5-9,11H,3-4H2. The maximum Gasteiger partial charge on any atom is 0.301 e. The van der Waals surface area contributed by atoms with E-state index in [4.69, 9.17) is 0 Å². The van der Waals surface area contributed by atoms with E-state index in [0.29, 0.717) is 16.2 Å². The quantitative estimate of drug-likeness (QED) is 0.519. The Morgan fingerprint density at radius 1 is 1.17 bits per heavy atom. The molecule has 0 saturated heterocycles. The Balaban J connectivity index is 1.75. The van der Waals surface area contributed by atoms with Gasteiger partial charge < -0.3 is 0 Å². The predicted octanol–water partition coefficient (Wildman–Crippen LogP) is 3.13. The molecule has 4 rings (SSSR count). The molecule has 120 valence electrons. The molecule has 0 aliphatic heterocycles. The number of hydrogen-bond acceptors (Lipinski definition) is 7. The van der Waals surface area contributed by atoms with Gasteiger partial charge in [0.2, 0.25) is 0 Å². The average Bonchev–Trinajstić information content (AvgIpc) is 3.36. The van der Waals surface area contributed by atoms with Gasteiger partial charge in [-0.1, -0.05) is 0 Å². The van der Waals surface area contributed by atoms with Gasteiger partial charge in [0.1, 0.15) is 0 Å². The van der Waals surface area contributed by atoms with Crippen molar-refractivity contribution in [3.05, 3.63) is 53.0 Å². The largest absolute Gasteiger partial charge is 0.301 e. The monoisotopic (exact) mass is 340 g/mol. The van der Waals surface area contributed by atoms with Gasteiger partial charge >= 0.3 is 5.69 Å². The molecular formula is C15H12N6O2S. The van der Waals surface area contributed by atoms with Gasteiger partial charge in [-0.05, 0) is 42.8 Å². The van der Waals surface area contributed by atoms with E-state index in [1.165, 1.54) is 24.0 Å². The first kappa shape index (κ1) is 14.8. The second kappa shape index (κ2) is 6.00. The zero-order valence-corrected chi connectivity index (χ0v) is 13.3. The van der Waals surface area contributed by atoms with E-state index in [1.807, 2.05) is 16.7 Å². The van der Waals surface area contributed by atoms with E-state index < -0.39 is 4.92 Å². The number of rotatable bonds is 5. The Morgan fingerprint density at radius 3 is 2.67 bits per heavy atom. The SMILES string of the molecule is O=[N+]([O-])c1cccnc1Sc1nnc(-c2ccncc2)n1C1CC1. The van der Waals surface area contributed by atoms with E-state index in [0.717, 1.165) is 24.2 Å². The van der Waals surface area contributed by atoms with E-state index in [-0.39, 0.29) is 5.69 Å².